The van der Waals surface area contributed by atoms with E-state index in [4.69, 9.17) is 5.73 Å². The SMILES string of the molecule is Nc1cc(CSc2ccccc2Br)ccc1O. The third-order valence-electron chi connectivity index (χ3n) is 2.32. The smallest absolute Gasteiger partial charge is 0.138 e. The van der Waals surface area contributed by atoms with Gasteiger partial charge in [-0.1, -0.05) is 18.2 Å². The van der Waals surface area contributed by atoms with E-state index in [0.717, 1.165) is 15.8 Å². The predicted octanol–water partition coefficient (Wildman–Crippen LogP) is 4.03. The first kappa shape index (κ1) is 12.3. The molecule has 0 spiro atoms. The first-order chi connectivity index (χ1) is 8.16. The van der Waals surface area contributed by atoms with Crippen LogP contribution in [0.15, 0.2) is 51.8 Å². The third kappa shape index (κ3) is 3.17. The van der Waals surface area contributed by atoms with Gasteiger partial charge in [-0.05, 0) is 45.8 Å². The number of nitrogen functional groups attached to an aromatic ring is 1. The minimum Gasteiger partial charge on any atom is -0.506 e. The molecular weight excluding hydrogens is 298 g/mol. The second-order valence-electron chi connectivity index (χ2n) is 3.61. The molecule has 4 heteroatoms. The Kier molecular flexibility index (Phi) is 3.97. The van der Waals surface area contributed by atoms with Crippen LogP contribution in [0.4, 0.5) is 5.69 Å². The van der Waals surface area contributed by atoms with Crippen molar-refractivity contribution in [3.8, 4) is 5.75 Å². The normalized spacial score (nSPS) is 10.4. The molecule has 0 heterocycles. The van der Waals surface area contributed by atoms with Crippen molar-refractivity contribution in [2.45, 2.75) is 10.6 Å². The standard InChI is InChI=1S/C13H12BrNOS/c14-10-3-1-2-4-13(10)17-8-9-5-6-12(16)11(15)7-9/h1-7,16H,8,15H2. The topological polar surface area (TPSA) is 46.2 Å². The lowest BCUT2D eigenvalue weighted by molar-refractivity contribution is 0.478. The fraction of sp³-hybridized carbons (Fsp3) is 0.0769. The molecule has 0 aliphatic carbocycles. The van der Waals surface area contributed by atoms with Crippen LogP contribution in [0, 0.1) is 0 Å². The minimum absolute atomic E-state index is 0.139. The zero-order chi connectivity index (χ0) is 12.3. The quantitative estimate of drug-likeness (QED) is 0.511. The molecule has 2 rings (SSSR count). The van der Waals surface area contributed by atoms with Gasteiger partial charge >= 0.3 is 0 Å². The Morgan fingerprint density at radius 1 is 1.18 bits per heavy atom. The molecule has 0 unspecified atom stereocenters. The van der Waals surface area contributed by atoms with Crippen LogP contribution in [0.3, 0.4) is 0 Å². The van der Waals surface area contributed by atoms with Crippen LogP contribution in [-0.2, 0) is 5.75 Å². The highest BCUT2D eigenvalue weighted by molar-refractivity contribution is 9.10. The number of phenolic OH excluding ortho intramolecular Hbond substituents is 1. The van der Waals surface area contributed by atoms with Crippen molar-refractivity contribution in [2.75, 3.05) is 5.73 Å². The van der Waals surface area contributed by atoms with Crippen molar-refractivity contribution < 1.29 is 5.11 Å². The van der Waals surface area contributed by atoms with Gasteiger partial charge in [-0.25, -0.2) is 0 Å². The molecule has 0 fully saturated rings. The van der Waals surface area contributed by atoms with Crippen LogP contribution in [0.5, 0.6) is 5.75 Å². The fourth-order valence-corrected chi connectivity index (χ4v) is 2.93. The molecule has 0 aliphatic heterocycles. The number of rotatable bonds is 3. The molecule has 2 aromatic rings. The zero-order valence-corrected chi connectivity index (χ0v) is 11.5. The monoisotopic (exact) mass is 309 g/mol. The number of anilines is 1. The maximum atomic E-state index is 9.33. The summed E-state index contributed by atoms with van der Waals surface area (Å²) in [6.45, 7) is 0. The molecule has 17 heavy (non-hydrogen) atoms. The average Bonchev–Trinajstić information content (AvgIpc) is 2.32. The summed E-state index contributed by atoms with van der Waals surface area (Å²) >= 11 is 5.24. The van der Waals surface area contributed by atoms with Gasteiger partial charge < -0.3 is 10.8 Å². The Morgan fingerprint density at radius 3 is 2.65 bits per heavy atom. The first-order valence-corrected chi connectivity index (χ1v) is 6.89. The van der Waals surface area contributed by atoms with Gasteiger partial charge in [-0.15, -0.1) is 11.8 Å². The Balaban J connectivity index is 2.08. The maximum absolute atomic E-state index is 9.33. The van der Waals surface area contributed by atoms with Crippen LogP contribution in [0.1, 0.15) is 5.56 Å². The number of phenols is 1. The number of nitrogens with two attached hydrogens (primary N) is 1. The van der Waals surface area contributed by atoms with Crippen LogP contribution in [0.2, 0.25) is 0 Å². The molecule has 2 aromatic carbocycles. The second-order valence-corrected chi connectivity index (χ2v) is 5.48. The van der Waals surface area contributed by atoms with E-state index < -0.39 is 0 Å². The van der Waals surface area contributed by atoms with Gasteiger partial charge in [0.1, 0.15) is 5.75 Å². The minimum atomic E-state index is 0.139. The summed E-state index contributed by atoms with van der Waals surface area (Å²) in [6, 6.07) is 13.4. The Hall–Kier alpha value is -1.13. The molecule has 0 saturated carbocycles. The lowest BCUT2D eigenvalue weighted by atomic mass is 10.2. The predicted molar refractivity (Wildman–Crippen MR) is 76.2 cm³/mol. The van der Waals surface area contributed by atoms with Crippen molar-refractivity contribution in [3.05, 3.63) is 52.5 Å². The van der Waals surface area contributed by atoms with Crippen LogP contribution < -0.4 is 5.73 Å². The largest absolute Gasteiger partial charge is 0.506 e. The summed E-state index contributed by atoms with van der Waals surface area (Å²) in [5.41, 5.74) is 7.18. The lowest BCUT2D eigenvalue weighted by Crippen LogP contribution is -1.88. The number of aromatic hydroxyl groups is 1. The van der Waals surface area contributed by atoms with E-state index in [0.29, 0.717) is 5.69 Å². The fourth-order valence-electron chi connectivity index (χ4n) is 1.42. The molecule has 0 bridgehead atoms. The van der Waals surface area contributed by atoms with Gasteiger partial charge in [-0.3, -0.25) is 0 Å². The molecule has 2 nitrogen and oxygen atoms in total. The van der Waals surface area contributed by atoms with E-state index in [1.807, 2.05) is 24.3 Å². The highest BCUT2D eigenvalue weighted by atomic mass is 79.9. The number of benzene rings is 2. The van der Waals surface area contributed by atoms with Crippen molar-refractivity contribution in [1.82, 2.24) is 0 Å². The van der Waals surface area contributed by atoms with E-state index in [-0.39, 0.29) is 5.75 Å². The number of halogens is 1. The summed E-state index contributed by atoms with van der Waals surface area (Å²) in [4.78, 5) is 1.19. The number of thioether (sulfide) groups is 1. The van der Waals surface area contributed by atoms with Crippen LogP contribution in [0.25, 0.3) is 0 Å². The molecule has 88 valence electrons. The highest BCUT2D eigenvalue weighted by Gasteiger charge is 2.02. The van der Waals surface area contributed by atoms with Gasteiger partial charge in [0.15, 0.2) is 0 Å². The first-order valence-electron chi connectivity index (χ1n) is 5.11. The second kappa shape index (κ2) is 5.47. The van der Waals surface area contributed by atoms with Crippen LogP contribution in [-0.4, -0.2) is 5.11 Å². The number of hydrogen-bond acceptors (Lipinski definition) is 3. The molecule has 0 saturated heterocycles. The van der Waals surface area contributed by atoms with Gasteiger partial charge in [0, 0.05) is 15.1 Å². The van der Waals surface area contributed by atoms with Crippen LogP contribution >= 0.6 is 27.7 Å². The molecule has 0 aliphatic rings. The summed E-state index contributed by atoms with van der Waals surface area (Å²) in [7, 11) is 0. The van der Waals surface area contributed by atoms with Gasteiger partial charge in [0.2, 0.25) is 0 Å². The van der Waals surface area contributed by atoms with Crippen molar-refractivity contribution in [2.24, 2.45) is 0 Å². The van der Waals surface area contributed by atoms with E-state index in [1.54, 1.807) is 23.9 Å². The van der Waals surface area contributed by atoms with E-state index >= 15 is 0 Å². The average molecular weight is 310 g/mol. The van der Waals surface area contributed by atoms with Crippen molar-refractivity contribution >= 4 is 33.4 Å². The Bertz CT molecular complexity index is 531. The van der Waals surface area contributed by atoms with Crippen molar-refractivity contribution in [3.63, 3.8) is 0 Å². The van der Waals surface area contributed by atoms with E-state index in [2.05, 4.69) is 22.0 Å². The van der Waals surface area contributed by atoms with E-state index in [9.17, 15) is 5.11 Å². The molecule has 0 amide bonds. The molecule has 0 atom stereocenters. The maximum Gasteiger partial charge on any atom is 0.138 e. The molecular formula is C13H12BrNOS. The lowest BCUT2D eigenvalue weighted by Gasteiger charge is -2.06. The third-order valence-corrected chi connectivity index (χ3v) is 4.42. The number of hydrogen-bond donors (Lipinski definition) is 2. The summed E-state index contributed by atoms with van der Waals surface area (Å²) in [6.07, 6.45) is 0. The molecule has 3 N–H and O–H groups in total. The summed E-state index contributed by atoms with van der Waals surface area (Å²) in [5.74, 6) is 0.965. The Labute approximate surface area is 113 Å². The molecule has 0 aromatic heterocycles. The molecule has 0 radical (unpaired) electrons. The van der Waals surface area contributed by atoms with Gasteiger partial charge in [0.05, 0.1) is 5.69 Å². The summed E-state index contributed by atoms with van der Waals surface area (Å²) < 4.78 is 1.09. The Morgan fingerprint density at radius 2 is 1.94 bits per heavy atom. The summed E-state index contributed by atoms with van der Waals surface area (Å²) in [5, 5.41) is 9.33. The zero-order valence-electron chi connectivity index (χ0n) is 9.06. The van der Waals surface area contributed by atoms with Gasteiger partial charge in [-0.2, -0.15) is 0 Å². The van der Waals surface area contributed by atoms with Crippen molar-refractivity contribution in [1.29, 1.82) is 0 Å². The van der Waals surface area contributed by atoms with Gasteiger partial charge in [0.25, 0.3) is 0 Å². The highest BCUT2D eigenvalue weighted by Crippen LogP contribution is 2.31. The van der Waals surface area contributed by atoms with E-state index in [1.165, 1.54) is 4.90 Å².